The lowest BCUT2D eigenvalue weighted by atomic mass is 9.98. The molecule has 4 amide bonds. The Morgan fingerprint density at radius 2 is 1.73 bits per heavy atom. The van der Waals surface area contributed by atoms with Gasteiger partial charge in [0, 0.05) is 44.9 Å². The summed E-state index contributed by atoms with van der Waals surface area (Å²) in [6.45, 7) is 3.17. The van der Waals surface area contributed by atoms with Gasteiger partial charge in [-0.1, -0.05) is 42.5 Å². The van der Waals surface area contributed by atoms with Crippen molar-refractivity contribution in [3.8, 4) is 0 Å². The molecule has 2 aliphatic rings. The van der Waals surface area contributed by atoms with E-state index in [0.717, 1.165) is 41.2 Å². The molecule has 3 atom stereocenters. The molecule has 2 aromatic carbocycles. The molecule has 2 aromatic rings. The number of piperidine rings is 1. The summed E-state index contributed by atoms with van der Waals surface area (Å²) in [7, 11) is -4.34. The molecule has 44 heavy (non-hydrogen) atoms. The molecule has 240 valence electrons. The highest BCUT2D eigenvalue weighted by Crippen LogP contribution is 2.38. The van der Waals surface area contributed by atoms with Crippen LogP contribution in [0.2, 0.25) is 0 Å². The number of fused-ring (bicyclic) bond motifs is 1. The minimum absolute atomic E-state index is 0.0754. The van der Waals surface area contributed by atoms with Gasteiger partial charge in [-0.3, -0.25) is 28.6 Å². The quantitative estimate of drug-likeness (QED) is 0.161. The molecule has 0 radical (unpaired) electrons. The Bertz CT molecular complexity index is 1380. The van der Waals surface area contributed by atoms with Gasteiger partial charge in [0.2, 0.25) is 23.6 Å². The van der Waals surface area contributed by atoms with E-state index in [0.29, 0.717) is 32.4 Å². The van der Waals surface area contributed by atoms with E-state index in [1.807, 2.05) is 47.4 Å². The topological polar surface area (TPSA) is 194 Å². The summed E-state index contributed by atoms with van der Waals surface area (Å²) in [5.74, 6) is -2.19. The molecule has 0 bridgehead atoms. The lowest BCUT2D eigenvalue weighted by Crippen LogP contribution is -2.60. The van der Waals surface area contributed by atoms with E-state index < -0.39 is 48.9 Å². The van der Waals surface area contributed by atoms with Crippen molar-refractivity contribution in [3.63, 3.8) is 0 Å². The highest BCUT2D eigenvalue weighted by Gasteiger charge is 2.37. The Morgan fingerprint density at radius 3 is 2.43 bits per heavy atom. The summed E-state index contributed by atoms with van der Waals surface area (Å²) in [5.41, 5.74) is 5.99. The highest BCUT2D eigenvalue weighted by atomic mass is 32.2. The average Bonchev–Trinajstić information content (AvgIpc) is 2.99. The molecular weight excluding hydrogens is 607 g/mol. The average molecular weight is 649 g/mol. The van der Waals surface area contributed by atoms with Crippen LogP contribution in [0.3, 0.4) is 0 Å². The number of rotatable bonds is 13. The maximum atomic E-state index is 13.8. The number of hydrogen-bond donors (Lipinski definition) is 6. The standard InChI is InChI=1S/C29H41N6O7PS/c30-27(37)23(16-20-8-9-21-5-1-2-6-22(21)15-20)33-28(38)25-7-3-4-12-35(25)29(39)24(18-44-19-43(40,41)42)32-26(36)17-34-13-10-31-11-14-34/h1-2,5-6,8-9,15,23-25,31H,3-4,7,10-14,16-19H2,(H2,30,37)(H,32,36)(H,33,38)(H2,40,41,42). The second-order valence-electron chi connectivity index (χ2n) is 11.2. The fourth-order valence-corrected chi connectivity index (χ4v) is 7.37. The normalized spacial score (nSPS) is 19.2. The van der Waals surface area contributed by atoms with Gasteiger partial charge in [-0.2, -0.15) is 0 Å². The van der Waals surface area contributed by atoms with Crippen LogP contribution in [0, 0.1) is 0 Å². The molecule has 13 nitrogen and oxygen atoms in total. The van der Waals surface area contributed by atoms with Crippen molar-refractivity contribution < 1.29 is 33.5 Å². The monoisotopic (exact) mass is 648 g/mol. The van der Waals surface area contributed by atoms with Crippen LogP contribution in [0.25, 0.3) is 10.8 Å². The van der Waals surface area contributed by atoms with E-state index in [9.17, 15) is 33.5 Å². The zero-order valence-corrected chi connectivity index (χ0v) is 26.2. The van der Waals surface area contributed by atoms with Crippen LogP contribution < -0.4 is 21.7 Å². The number of piperazine rings is 1. The van der Waals surface area contributed by atoms with Gasteiger partial charge in [-0.05, 0) is 35.6 Å². The van der Waals surface area contributed by atoms with Gasteiger partial charge in [0.1, 0.15) is 18.1 Å². The number of hydrogen-bond acceptors (Lipinski definition) is 8. The van der Waals surface area contributed by atoms with Crippen molar-refractivity contribution in [2.24, 2.45) is 5.73 Å². The Morgan fingerprint density at radius 1 is 1.00 bits per heavy atom. The summed E-state index contributed by atoms with van der Waals surface area (Å²) in [6.07, 6.45) is 1.86. The van der Waals surface area contributed by atoms with E-state index in [4.69, 9.17) is 5.73 Å². The second kappa shape index (κ2) is 15.8. The number of benzene rings is 2. The molecule has 2 saturated heterocycles. The number of nitrogens with zero attached hydrogens (tertiary/aromatic N) is 2. The number of nitrogens with one attached hydrogen (secondary N) is 3. The van der Waals surface area contributed by atoms with Crippen LogP contribution in [0.4, 0.5) is 0 Å². The summed E-state index contributed by atoms with van der Waals surface area (Å²) < 4.78 is 11.5. The Balaban J connectivity index is 1.45. The number of amides is 4. The van der Waals surface area contributed by atoms with Gasteiger partial charge in [-0.15, -0.1) is 11.8 Å². The Hall–Kier alpha value is -3.00. The number of nitrogens with two attached hydrogens (primary N) is 1. The van der Waals surface area contributed by atoms with E-state index in [2.05, 4.69) is 16.0 Å². The molecule has 2 fully saturated rings. The molecule has 2 heterocycles. The van der Waals surface area contributed by atoms with Crippen molar-refractivity contribution in [2.45, 2.75) is 43.8 Å². The van der Waals surface area contributed by atoms with Crippen molar-refractivity contribution in [3.05, 3.63) is 48.0 Å². The summed E-state index contributed by atoms with van der Waals surface area (Å²) in [5, 5.41) is 10.7. The Kier molecular flexibility index (Phi) is 12.2. The second-order valence-corrected chi connectivity index (χ2v) is 14.3. The van der Waals surface area contributed by atoms with Gasteiger partial charge in [0.05, 0.1) is 12.0 Å². The number of thioether (sulfide) groups is 1. The zero-order valence-electron chi connectivity index (χ0n) is 24.5. The summed E-state index contributed by atoms with van der Waals surface area (Å²) in [4.78, 5) is 74.7. The van der Waals surface area contributed by atoms with Gasteiger partial charge >= 0.3 is 7.60 Å². The first-order valence-electron chi connectivity index (χ1n) is 14.7. The minimum atomic E-state index is -4.34. The maximum absolute atomic E-state index is 13.8. The smallest absolute Gasteiger partial charge is 0.335 e. The third-order valence-corrected chi connectivity index (χ3v) is 10.4. The van der Waals surface area contributed by atoms with Crippen LogP contribution in [-0.2, 0) is 30.2 Å². The van der Waals surface area contributed by atoms with Gasteiger partial charge in [-0.25, -0.2) is 0 Å². The summed E-state index contributed by atoms with van der Waals surface area (Å²) >= 11 is 0.864. The molecule has 7 N–H and O–H groups in total. The molecule has 0 saturated carbocycles. The minimum Gasteiger partial charge on any atom is -0.368 e. The van der Waals surface area contributed by atoms with E-state index in [1.54, 1.807) is 0 Å². The first-order chi connectivity index (χ1) is 21.0. The highest BCUT2D eigenvalue weighted by molar-refractivity contribution is 8.04. The largest absolute Gasteiger partial charge is 0.368 e. The van der Waals surface area contributed by atoms with Crippen molar-refractivity contribution in [2.75, 3.05) is 50.5 Å². The first kappa shape index (κ1) is 33.9. The van der Waals surface area contributed by atoms with Gasteiger partial charge in [0.25, 0.3) is 0 Å². The molecule has 3 unspecified atom stereocenters. The maximum Gasteiger partial charge on any atom is 0.335 e. The third kappa shape index (κ3) is 10.0. The molecule has 0 spiro atoms. The molecular formula is C29H41N6O7PS. The van der Waals surface area contributed by atoms with Crippen LogP contribution in [0.5, 0.6) is 0 Å². The fraction of sp³-hybridized carbons (Fsp3) is 0.517. The SMILES string of the molecule is NC(=O)C(Cc1ccc2ccccc2c1)NC(=O)C1CCCCN1C(=O)C(CSCP(=O)(O)O)NC(=O)CN1CCNCC1. The molecule has 0 aromatic heterocycles. The zero-order chi connectivity index (χ0) is 31.7. The number of carbonyl (C=O) groups excluding carboxylic acids is 4. The summed E-state index contributed by atoms with van der Waals surface area (Å²) in [6, 6.07) is 10.6. The van der Waals surface area contributed by atoms with E-state index in [-0.39, 0.29) is 31.2 Å². The number of primary amides is 1. The number of likely N-dealkylation sites (tertiary alicyclic amines) is 1. The number of carbonyl (C=O) groups is 4. The van der Waals surface area contributed by atoms with Crippen LogP contribution in [0.1, 0.15) is 24.8 Å². The van der Waals surface area contributed by atoms with Gasteiger partial charge in [0.15, 0.2) is 0 Å². The van der Waals surface area contributed by atoms with Gasteiger partial charge < -0.3 is 36.4 Å². The molecule has 2 aliphatic heterocycles. The van der Waals surface area contributed by atoms with E-state index in [1.165, 1.54) is 4.90 Å². The van der Waals surface area contributed by atoms with Crippen molar-refractivity contribution in [1.29, 1.82) is 0 Å². The third-order valence-electron chi connectivity index (χ3n) is 7.76. The van der Waals surface area contributed by atoms with Crippen molar-refractivity contribution in [1.82, 2.24) is 25.8 Å². The Labute approximate surface area is 260 Å². The lowest BCUT2D eigenvalue weighted by molar-refractivity contribution is -0.145. The van der Waals surface area contributed by atoms with Crippen LogP contribution >= 0.6 is 19.4 Å². The van der Waals surface area contributed by atoms with E-state index >= 15 is 0 Å². The lowest BCUT2D eigenvalue weighted by Gasteiger charge is -2.37. The van der Waals surface area contributed by atoms with Crippen LogP contribution in [0.15, 0.2) is 42.5 Å². The molecule has 4 rings (SSSR count). The fourth-order valence-electron chi connectivity index (χ4n) is 5.54. The van der Waals surface area contributed by atoms with Crippen LogP contribution in [-0.4, -0.2) is 112 Å². The van der Waals surface area contributed by atoms with Crippen molar-refractivity contribution >= 4 is 53.8 Å². The molecule has 15 heteroatoms. The predicted octanol–water partition coefficient (Wildman–Crippen LogP) is -0.00810. The molecule has 0 aliphatic carbocycles. The first-order valence-corrected chi connectivity index (χ1v) is 17.7. The predicted molar refractivity (Wildman–Crippen MR) is 169 cm³/mol.